The van der Waals surface area contributed by atoms with Crippen molar-refractivity contribution in [1.82, 2.24) is 20.2 Å². The van der Waals surface area contributed by atoms with E-state index in [4.69, 9.17) is 9.47 Å². The summed E-state index contributed by atoms with van der Waals surface area (Å²) >= 11 is 1.07. The predicted octanol–water partition coefficient (Wildman–Crippen LogP) is 2.37. The molecule has 10 nitrogen and oxygen atoms in total. The summed E-state index contributed by atoms with van der Waals surface area (Å²) in [6.07, 6.45) is -3.28. The number of ether oxygens (including phenoxy) is 2. The number of aromatic nitrogens is 4. The first-order valence-electron chi connectivity index (χ1n) is 9.64. The van der Waals surface area contributed by atoms with Gasteiger partial charge in [0.2, 0.25) is 0 Å². The molecule has 3 heterocycles. The van der Waals surface area contributed by atoms with E-state index in [1.807, 2.05) is 4.90 Å². The van der Waals surface area contributed by atoms with Crippen LogP contribution in [0.5, 0.6) is 0 Å². The molecule has 1 aromatic carbocycles. The Balaban J connectivity index is 1.46. The van der Waals surface area contributed by atoms with E-state index in [9.17, 15) is 22.8 Å². The molecule has 0 unspecified atom stereocenters. The average Bonchev–Trinajstić information content (AvgIpc) is 3.49. The average molecular weight is 482 g/mol. The highest BCUT2D eigenvalue weighted by molar-refractivity contribution is 7.12. The predicted molar refractivity (Wildman–Crippen MR) is 110 cm³/mol. The van der Waals surface area contributed by atoms with Crippen LogP contribution in [-0.2, 0) is 20.4 Å². The van der Waals surface area contributed by atoms with Crippen LogP contribution in [0.1, 0.15) is 15.2 Å². The number of thiophene rings is 1. The van der Waals surface area contributed by atoms with Crippen molar-refractivity contribution in [2.75, 3.05) is 43.1 Å². The minimum Gasteiger partial charge on any atom is -0.451 e. The number of esters is 1. The van der Waals surface area contributed by atoms with Gasteiger partial charge in [0, 0.05) is 13.1 Å². The molecule has 0 aliphatic carbocycles. The maximum atomic E-state index is 13.2. The molecule has 1 N–H and O–H groups in total. The Morgan fingerprint density at radius 2 is 1.97 bits per heavy atom. The Kier molecular flexibility index (Phi) is 6.55. The van der Waals surface area contributed by atoms with Gasteiger partial charge in [-0.1, -0.05) is 0 Å². The number of benzene rings is 1. The van der Waals surface area contributed by atoms with Gasteiger partial charge in [0.15, 0.2) is 6.61 Å². The van der Waals surface area contributed by atoms with Gasteiger partial charge in [-0.2, -0.15) is 17.9 Å². The number of carbonyl (C=O) groups is 2. The lowest BCUT2D eigenvalue weighted by atomic mass is 10.1. The minimum absolute atomic E-state index is 0.0294. The highest BCUT2D eigenvalue weighted by Crippen LogP contribution is 2.35. The fraction of sp³-hybridized carbons (Fsp3) is 0.316. The van der Waals surface area contributed by atoms with E-state index >= 15 is 0 Å². The number of hydrogen-bond donors (Lipinski definition) is 1. The molecule has 33 heavy (non-hydrogen) atoms. The number of amides is 1. The molecule has 1 aliphatic heterocycles. The molecule has 0 atom stereocenters. The lowest BCUT2D eigenvalue weighted by Crippen LogP contribution is -2.37. The van der Waals surface area contributed by atoms with Crippen molar-refractivity contribution in [2.24, 2.45) is 0 Å². The third-order valence-corrected chi connectivity index (χ3v) is 5.59. The first-order chi connectivity index (χ1) is 15.8. The lowest BCUT2D eigenvalue weighted by molar-refractivity contribution is -0.137. The zero-order chi connectivity index (χ0) is 23.4. The largest absolute Gasteiger partial charge is 0.451 e. The molecule has 1 amide bonds. The summed E-state index contributed by atoms with van der Waals surface area (Å²) < 4.78 is 51.3. The van der Waals surface area contributed by atoms with E-state index in [1.54, 1.807) is 11.4 Å². The van der Waals surface area contributed by atoms with Crippen LogP contribution in [0.3, 0.4) is 0 Å². The Bertz CT molecular complexity index is 1130. The monoisotopic (exact) mass is 482 g/mol. The topological polar surface area (TPSA) is 111 Å². The van der Waals surface area contributed by atoms with Gasteiger partial charge in [0.05, 0.1) is 35.8 Å². The number of anilines is 2. The number of morpholine rings is 1. The molecule has 0 saturated carbocycles. The highest BCUT2D eigenvalue weighted by atomic mass is 32.1. The zero-order valence-corrected chi connectivity index (χ0v) is 17.7. The van der Waals surface area contributed by atoms with Gasteiger partial charge in [-0.25, -0.2) is 4.79 Å². The van der Waals surface area contributed by atoms with E-state index in [0.29, 0.717) is 37.7 Å². The Hall–Kier alpha value is -3.52. The molecule has 0 spiro atoms. The van der Waals surface area contributed by atoms with Gasteiger partial charge in [0.25, 0.3) is 5.91 Å². The normalized spacial score (nSPS) is 14.2. The molecule has 14 heteroatoms. The second-order valence-electron chi connectivity index (χ2n) is 6.84. The molecule has 1 saturated heterocycles. The zero-order valence-electron chi connectivity index (χ0n) is 16.9. The van der Waals surface area contributed by atoms with E-state index in [1.165, 1.54) is 17.1 Å². The van der Waals surface area contributed by atoms with Crippen LogP contribution < -0.4 is 10.2 Å². The Morgan fingerprint density at radius 1 is 1.18 bits per heavy atom. The van der Waals surface area contributed by atoms with Crippen molar-refractivity contribution in [3.05, 3.63) is 46.4 Å². The van der Waals surface area contributed by atoms with Crippen LogP contribution in [0.2, 0.25) is 0 Å². The van der Waals surface area contributed by atoms with Gasteiger partial charge in [-0.05, 0) is 40.1 Å². The molecule has 0 bridgehead atoms. The van der Waals surface area contributed by atoms with E-state index in [0.717, 1.165) is 23.5 Å². The molecule has 3 aromatic rings. The first-order valence-corrected chi connectivity index (χ1v) is 10.5. The highest BCUT2D eigenvalue weighted by Gasteiger charge is 2.32. The van der Waals surface area contributed by atoms with E-state index in [-0.39, 0.29) is 10.6 Å². The van der Waals surface area contributed by atoms with Crippen LogP contribution >= 0.6 is 11.3 Å². The summed E-state index contributed by atoms with van der Waals surface area (Å²) in [5.41, 5.74) is -0.136. The minimum atomic E-state index is -4.58. The molecule has 2 aromatic heterocycles. The quantitative estimate of drug-likeness (QED) is 0.533. The SMILES string of the molecule is O=C(COC(=O)c1sccc1-n1cnnn1)Nc1cc(C(F)(F)F)ccc1N1CCOCC1. The number of hydrogen-bond acceptors (Lipinski definition) is 9. The van der Waals surface area contributed by atoms with Crippen molar-refractivity contribution < 1.29 is 32.2 Å². The number of alkyl halides is 3. The van der Waals surface area contributed by atoms with Gasteiger partial charge in [0.1, 0.15) is 11.2 Å². The second kappa shape index (κ2) is 9.54. The van der Waals surface area contributed by atoms with Crippen LogP contribution in [-0.4, -0.2) is 65.0 Å². The van der Waals surface area contributed by atoms with Crippen molar-refractivity contribution in [2.45, 2.75) is 6.18 Å². The first kappa shape index (κ1) is 22.7. The van der Waals surface area contributed by atoms with E-state index in [2.05, 4.69) is 20.8 Å². The number of rotatable bonds is 6. The number of nitrogens with one attached hydrogen (secondary N) is 1. The van der Waals surface area contributed by atoms with Crippen LogP contribution in [0.4, 0.5) is 24.5 Å². The molecule has 1 fully saturated rings. The molecule has 4 rings (SSSR count). The summed E-state index contributed by atoms with van der Waals surface area (Å²) in [5, 5.41) is 14.8. The number of tetrazole rings is 1. The molecule has 0 radical (unpaired) electrons. The summed E-state index contributed by atoms with van der Waals surface area (Å²) in [6, 6.07) is 4.73. The van der Waals surface area contributed by atoms with E-state index < -0.39 is 30.2 Å². The van der Waals surface area contributed by atoms with Crippen molar-refractivity contribution in [3.63, 3.8) is 0 Å². The maximum Gasteiger partial charge on any atom is 0.416 e. The third-order valence-electron chi connectivity index (χ3n) is 4.71. The van der Waals surface area contributed by atoms with Gasteiger partial charge in [-0.15, -0.1) is 16.4 Å². The number of carbonyl (C=O) groups excluding carboxylic acids is 2. The Labute approximate surface area is 188 Å². The van der Waals surface area contributed by atoms with Gasteiger partial charge >= 0.3 is 12.1 Å². The molecule has 174 valence electrons. The third kappa shape index (κ3) is 5.28. The second-order valence-corrected chi connectivity index (χ2v) is 7.76. The summed E-state index contributed by atoms with van der Waals surface area (Å²) in [7, 11) is 0. The van der Waals surface area contributed by atoms with Gasteiger partial charge in [-0.3, -0.25) is 4.79 Å². The lowest BCUT2D eigenvalue weighted by Gasteiger charge is -2.31. The fourth-order valence-corrected chi connectivity index (χ4v) is 3.95. The molecular weight excluding hydrogens is 465 g/mol. The number of halogens is 3. The summed E-state index contributed by atoms with van der Waals surface area (Å²) in [4.78, 5) is 26.9. The smallest absolute Gasteiger partial charge is 0.416 e. The molecule has 1 aliphatic rings. The Morgan fingerprint density at radius 3 is 2.67 bits per heavy atom. The maximum absolute atomic E-state index is 13.2. The standard InChI is InChI=1S/C19H17F3N6O4S/c20-19(21,22)12-1-2-14(27-4-6-31-7-5-27)13(9-12)24-16(29)10-32-18(30)17-15(3-8-33-17)28-11-23-25-26-28/h1-3,8-9,11H,4-7,10H2,(H,24,29). The van der Waals surface area contributed by atoms with Crippen LogP contribution in [0.15, 0.2) is 36.0 Å². The fourth-order valence-electron chi connectivity index (χ4n) is 3.18. The van der Waals surface area contributed by atoms with Crippen molar-refractivity contribution in [3.8, 4) is 5.69 Å². The number of nitrogens with zero attached hydrogens (tertiary/aromatic N) is 5. The van der Waals surface area contributed by atoms with Crippen LogP contribution in [0.25, 0.3) is 5.69 Å². The molecular formula is C19H17F3N6O4S. The van der Waals surface area contributed by atoms with Crippen molar-refractivity contribution in [1.29, 1.82) is 0 Å². The summed E-state index contributed by atoms with van der Waals surface area (Å²) in [6.45, 7) is 1.06. The van der Waals surface area contributed by atoms with Crippen LogP contribution in [0, 0.1) is 0 Å². The van der Waals surface area contributed by atoms with Gasteiger partial charge < -0.3 is 19.7 Å². The summed E-state index contributed by atoms with van der Waals surface area (Å²) in [5.74, 6) is -1.57. The van der Waals surface area contributed by atoms with Crippen molar-refractivity contribution >= 4 is 34.6 Å².